The highest BCUT2D eigenvalue weighted by Gasteiger charge is 2.28. The van der Waals surface area contributed by atoms with Crippen molar-refractivity contribution in [3.63, 3.8) is 0 Å². The first-order valence-corrected chi connectivity index (χ1v) is 7.59. The highest BCUT2D eigenvalue weighted by molar-refractivity contribution is 9.10. The quantitative estimate of drug-likeness (QED) is 0.889. The van der Waals surface area contributed by atoms with Crippen molar-refractivity contribution in [2.75, 3.05) is 21.3 Å². The minimum atomic E-state index is 0.333. The lowest BCUT2D eigenvalue weighted by Gasteiger charge is -2.26. The van der Waals surface area contributed by atoms with Crippen LogP contribution in [0.2, 0.25) is 0 Å². The molecule has 0 spiro atoms. The molecule has 1 atom stereocenters. The third kappa shape index (κ3) is 3.06. The van der Waals surface area contributed by atoms with Crippen molar-refractivity contribution in [3.8, 4) is 11.5 Å². The molecule has 0 aliphatic heterocycles. The Morgan fingerprint density at radius 2 is 1.79 bits per heavy atom. The normalized spacial score (nSPS) is 17.5. The lowest BCUT2D eigenvalue weighted by Crippen LogP contribution is -2.24. The predicted molar refractivity (Wildman–Crippen MR) is 81.0 cm³/mol. The van der Waals surface area contributed by atoms with Crippen molar-refractivity contribution < 1.29 is 9.47 Å². The second-order valence-corrected chi connectivity index (χ2v) is 5.89. The summed E-state index contributed by atoms with van der Waals surface area (Å²) >= 11 is 3.51. The molecule has 19 heavy (non-hydrogen) atoms. The Hall–Kier alpha value is -0.740. The van der Waals surface area contributed by atoms with E-state index < -0.39 is 0 Å². The molecule has 0 saturated heterocycles. The molecule has 1 aliphatic carbocycles. The van der Waals surface area contributed by atoms with Crippen LogP contribution in [0.25, 0.3) is 0 Å². The largest absolute Gasteiger partial charge is 0.496 e. The molecule has 1 aromatic carbocycles. The van der Waals surface area contributed by atoms with Gasteiger partial charge in [-0.3, -0.25) is 0 Å². The molecule has 0 heterocycles. The first kappa shape index (κ1) is 14.7. The summed E-state index contributed by atoms with van der Waals surface area (Å²) in [4.78, 5) is 0. The minimum Gasteiger partial charge on any atom is -0.496 e. The summed E-state index contributed by atoms with van der Waals surface area (Å²) in [5, 5.41) is 3.45. The maximum atomic E-state index is 5.54. The Balaban J connectivity index is 2.39. The average molecular weight is 328 g/mol. The van der Waals surface area contributed by atoms with Gasteiger partial charge in [-0.05, 0) is 53.9 Å². The highest BCUT2D eigenvalue weighted by atomic mass is 79.9. The Kier molecular flexibility index (Phi) is 5.11. The summed E-state index contributed by atoms with van der Waals surface area (Å²) in [6.07, 6.45) is 5.23. The van der Waals surface area contributed by atoms with E-state index in [9.17, 15) is 0 Å². The number of rotatable bonds is 5. The molecule has 106 valence electrons. The summed E-state index contributed by atoms with van der Waals surface area (Å²) in [6, 6.07) is 4.41. The Morgan fingerprint density at radius 3 is 2.32 bits per heavy atom. The summed E-state index contributed by atoms with van der Waals surface area (Å²) in [5.74, 6) is 2.46. The fraction of sp³-hybridized carbons (Fsp3) is 0.600. The molecule has 3 nitrogen and oxygen atoms in total. The Bertz CT molecular complexity index is 430. The molecule has 0 bridgehead atoms. The van der Waals surface area contributed by atoms with Crippen LogP contribution in [0.3, 0.4) is 0 Å². The van der Waals surface area contributed by atoms with Crippen molar-refractivity contribution >= 4 is 15.9 Å². The van der Waals surface area contributed by atoms with Gasteiger partial charge in [0.25, 0.3) is 0 Å². The molecule has 1 aliphatic rings. The summed E-state index contributed by atoms with van der Waals surface area (Å²) in [6.45, 7) is 0. The van der Waals surface area contributed by atoms with Gasteiger partial charge in [-0.2, -0.15) is 0 Å². The van der Waals surface area contributed by atoms with E-state index in [4.69, 9.17) is 9.47 Å². The van der Waals surface area contributed by atoms with Gasteiger partial charge in [-0.15, -0.1) is 0 Å². The molecule has 1 saturated carbocycles. The van der Waals surface area contributed by atoms with E-state index >= 15 is 0 Å². The van der Waals surface area contributed by atoms with Crippen molar-refractivity contribution in [1.82, 2.24) is 5.32 Å². The number of hydrogen-bond donors (Lipinski definition) is 1. The van der Waals surface area contributed by atoms with Gasteiger partial charge in [0.15, 0.2) is 0 Å². The van der Waals surface area contributed by atoms with Crippen LogP contribution in [-0.2, 0) is 0 Å². The third-order valence-corrected chi connectivity index (χ3v) is 4.64. The van der Waals surface area contributed by atoms with Gasteiger partial charge in [0.2, 0.25) is 0 Å². The molecule has 4 heteroatoms. The van der Waals surface area contributed by atoms with E-state index in [0.29, 0.717) is 12.0 Å². The Morgan fingerprint density at radius 1 is 1.16 bits per heavy atom. The van der Waals surface area contributed by atoms with Crippen LogP contribution in [0.1, 0.15) is 37.3 Å². The van der Waals surface area contributed by atoms with Crippen LogP contribution in [-0.4, -0.2) is 21.3 Å². The zero-order chi connectivity index (χ0) is 13.8. The first-order valence-electron chi connectivity index (χ1n) is 6.80. The fourth-order valence-electron chi connectivity index (χ4n) is 3.06. The number of ether oxygens (including phenoxy) is 2. The SMILES string of the molecule is CNC(c1cc(OC)c(Br)cc1OC)C1CCCC1. The highest BCUT2D eigenvalue weighted by Crippen LogP contribution is 2.42. The molecule has 0 radical (unpaired) electrons. The first-order chi connectivity index (χ1) is 9.21. The molecular weight excluding hydrogens is 306 g/mol. The second kappa shape index (κ2) is 6.62. The molecule has 1 aromatic rings. The maximum absolute atomic E-state index is 5.54. The number of hydrogen-bond acceptors (Lipinski definition) is 3. The standard InChI is InChI=1S/C15H22BrNO2/c1-17-15(10-6-4-5-7-10)11-8-14(19-3)12(16)9-13(11)18-2/h8-10,15,17H,4-7H2,1-3H3. The van der Waals surface area contributed by atoms with Gasteiger partial charge in [-0.1, -0.05) is 12.8 Å². The van der Waals surface area contributed by atoms with Crippen LogP contribution < -0.4 is 14.8 Å². The van der Waals surface area contributed by atoms with E-state index in [1.165, 1.54) is 31.2 Å². The van der Waals surface area contributed by atoms with Crippen molar-refractivity contribution in [1.29, 1.82) is 0 Å². The smallest absolute Gasteiger partial charge is 0.133 e. The van der Waals surface area contributed by atoms with Crippen LogP contribution in [0.5, 0.6) is 11.5 Å². The van der Waals surface area contributed by atoms with Gasteiger partial charge in [-0.25, -0.2) is 0 Å². The number of methoxy groups -OCH3 is 2. The average Bonchev–Trinajstić information content (AvgIpc) is 2.94. The second-order valence-electron chi connectivity index (χ2n) is 5.04. The van der Waals surface area contributed by atoms with E-state index in [0.717, 1.165) is 16.0 Å². The van der Waals surface area contributed by atoms with Crippen molar-refractivity contribution in [3.05, 3.63) is 22.2 Å². The number of halogens is 1. The van der Waals surface area contributed by atoms with Gasteiger partial charge < -0.3 is 14.8 Å². The van der Waals surface area contributed by atoms with Crippen molar-refractivity contribution in [2.45, 2.75) is 31.7 Å². The lowest BCUT2D eigenvalue weighted by molar-refractivity contribution is 0.354. The zero-order valence-electron chi connectivity index (χ0n) is 11.8. The molecule has 1 unspecified atom stereocenters. The monoisotopic (exact) mass is 327 g/mol. The molecule has 1 fully saturated rings. The van der Waals surface area contributed by atoms with Crippen LogP contribution >= 0.6 is 15.9 Å². The molecule has 0 amide bonds. The maximum Gasteiger partial charge on any atom is 0.133 e. The Labute approximate surface area is 123 Å². The molecule has 2 rings (SSSR count). The number of nitrogens with one attached hydrogen (secondary N) is 1. The van der Waals surface area contributed by atoms with Crippen LogP contribution in [0.15, 0.2) is 16.6 Å². The van der Waals surface area contributed by atoms with Crippen LogP contribution in [0, 0.1) is 5.92 Å². The molecule has 0 aromatic heterocycles. The van der Waals surface area contributed by atoms with Gasteiger partial charge >= 0.3 is 0 Å². The summed E-state index contributed by atoms with van der Waals surface area (Å²) in [7, 11) is 5.44. The van der Waals surface area contributed by atoms with E-state index in [-0.39, 0.29) is 0 Å². The minimum absolute atomic E-state index is 0.333. The fourth-order valence-corrected chi connectivity index (χ4v) is 3.55. The summed E-state index contributed by atoms with van der Waals surface area (Å²) in [5.41, 5.74) is 1.19. The van der Waals surface area contributed by atoms with E-state index in [1.54, 1.807) is 14.2 Å². The zero-order valence-corrected chi connectivity index (χ0v) is 13.4. The van der Waals surface area contributed by atoms with Crippen molar-refractivity contribution in [2.24, 2.45) is 5.92 Å². The van der Waals surface area contributed by atoms with Crippen LogP contribution in [0.4, 0.5) is 0 Å². The third-order valence-electron chi connectivity index (χ3n) is 4.02. The lowest BCUT2D eigenvalue weighted by atomic mass is 9.91. The van der Waals surface area contributed by atoms with Gasteiger partial charge in [0.1, 0.15) is 11.5 Å². The van der Waals surface area contributed by atoms with E-state index in [2.05, 4.69) is 27.3 Å². The topological polar surface area (TPSA) is 30.5 Å². The van der Waals surface area contributed by atoms with Gasteiger partial charge in [0.05, 0.1) is 18.7 Å². The molecular formula is C15H22BrNO2. The summed E-state index contributed by atoms with van der Waals surface area (Å²) < 4.78 is 11.9. The van der Waals surface area contributed by atoms with Gasteiger partial charge in [0, 0.05) is 11.6 Å². The van der Waals surface area contributed by atoms with E-state index in [1.807, 2.05) is 13.1 Å². The predicted octanol–water partition coefficient (Wildman–Crippen LogP) is 3.92. The molecule has 1 N–H and O–H groups in total. The number of benzene rings is 1.